The third-order valence-corrected chi connectivity index (χ3v) is 3.11. The molecule has 0 saturated heterocycles. The summed E-state index contributed by atoms with van der Waals surface area (Å²) in [5, 5.41) is 10.7. The van der Waals surface area contributed by atoms with Crippen molar-refractivity contribution in [2.75, 3.05) is 17.7 Å². The maximum Gasteiger partial charge on any atom is 0.292 e. The summed E-state index contributed by atoms with van der Waals surface area (Å²) in [7, 11) is 1.98. The molecule has 1 rings (SSSR count). The number of nitrogen functional groups attached to an aromatic ring is 1. The van der Waals surface area contributed by atoms with Gasteiger partial charge in [0.2, 0.25) is 0 Å². The first-order valence-corrected chi connectivity index (χ1v) is 5.78. The maximum absolute atomic E-state index is 10.7. The molecule has 0 fully saturated rings. The topological polar surface area (TPSA) is 72.4 Å². The van der Waals surface area contributed by atoms with Crippen LogP contribution in [0.25, 0.3) is 0 Å². The second kappa shape index (κ2) is 5.52. The van der Waals surface area contributed by atoms with Gasteiger partial charge in [0.25, 0.3) is 5.69 Å². The molecule has 0 radical (unpaired) electrons. The molecule has 17 heavy (non-hydrogen) atoms. The number of rotatable bonds is 5. The Morgan fingerprint density at radius 1 is 1.41 bits per heavy atom. The predicted molar refractivity (Wildman–Crippen MR) is 70.3 cm³/mol. The number of nitrogens with zero attached hydrogens (tertiary/aromatic N) is 2. The molecule has 1 aromatic carbocycles. The van der Waals surface area contributed by atoms with Gasteiger partial charge in [-0.2, -0.15) is 0 Å². The van der Waals surface area contributed by atoms with E-state index in [9.17, 15) is 10.1 Å². The van der Waals surface area contributed by atoms with Crippen LogP contribution in [-0.2, 0) is 0 Å². The number of hydrogen-bond acceptors (Lipinski definition) is 4. The molecule has 0 aliphatic carbocycles. The Morgan fingerprint density at radius 3 is 2.41 bits per heavy atom. The number of benzene rings is 1. The molecule has 0 aliphatic rings. The van der Waals surface area contributed by atoms with Crippen molar-refractivity contribution in [1.29, 1.82) is 0 Å². The van der Waals surface area contributed by atoms with Gasteiger partial charge in [-0.25, -0.2) is 0 Å². The van der Waals surface area contributed by atoms with Gasteiger partial charge < -0.3 is 10.6 Å². The minimum atomic E-state index is -0.462. The molecule has 0 saturated carbocycles. The van der Waals surface area contributed by atoms with Crippen LogP contribution >= 0.6 is 0 Å². The minimum Gasteiger partial charge on any atom is -0.393 e. The number of hydrogen-bond donors (Lipinski definition) is 1. The summed E-state index contributed by atoms with van der Waals surface area (Å²) in [4.78, 5) is 12.3. The Labute approximate surface area is 101 Å². The van der Waals surface area contributed by atoms with Gasteiger partial charge in [0, 0.05) is 24.8 Å². The molecule has 0 aliphatic heterocycles. The third-order valence-electron chi connectivity index (χ3n) is 3.11. The van der Waals surface area contributed by atoms with E-state index in [0.717, 1.165) is 18.5 Å². The Morgan fingerprint density at radius 2 is 2.00 bits per heavy atom. The van der Waals surface area contributed by atoms with Crippen LogP contribution in [0.15, 0.2) is 18.2 Å². The van der Waals surface area contributed by atoms with Crippen LogP contribution in [0, 0.1) is 10.1 Å². The Bertz CT molecular complexity index is 403. The molecule has 5 heteroatoms. The van der Waals surface area contributed by atoms with Gasteiger partial charge in [0.1, 0.15) is 5.69 Å². The lowest BCUT2D eigenvalue weighted by molar-refractivity contribution is -0.383. The Hall–Kier alpha value is -1.78. The zero-order valence-electron chi connectivity index (χ0n) is 10.5. The number of nitro benzene ring substituents is 1. The molecule has 5 nitrogen and oxygen atoms in total. The largest absolute Gasteiger partial charge is 0.393 e. The maximum atomic E-state index is 10.7. The van der Waals surface area contributed by atoms with Crippen molar-refractivity contribution in [3.05, 3.63) is 28.3 Å². The summed E-state index contributed by atoms with van der Waals surface area (Å²) in [5.41, 5.74) is 6.77. The van der Waals surface area contributed by atoms with Crippen LogP contribution in [0.4, 0.5) is 17.1 Å². The molecule has 0 atom stereocenters. The van der Waals surface area contributed by atoms with Crippen molar-refractivity contribution in [3.8, 4) is 0 Å². The van der Waals surface area contributed by atoms with E-state index >= 15 is 0 Å². The average Bonchev–Trinajstić information content (AvgIpc) is 2.29. The fourth-order valence-electron chi connectivity index (χ4n) is 1.97. The van der Waals surface area contributed by atoms with E-state index < -0.39 is 4.92 Å². The van der Waals surface area contributed by atoms with E-state index in [0.29, 0.717) is 6.04 Å². The third kappa shape index (κ3) is 2.87. The molecule has 94 valence electrons. The van der Waals surface area contributed by atoms with Gasteiger partial charge in [-0.15, -0.1) is 0 Å². The lowest BCUT2D eigenvalue weighted by atomic mass is 10.1. The molecule has 0 unspecified atom stereocenters. The molecule has 0 aromatic heterocycles. The van der Waals surface area contributed by atoms with E-state index in [1.54, 1.807) is 12.1 Å². The minimum absolute atomic E-state index is 0.0355. The van der Waals surface area contributed by atoms with Crippen molar-refractivity contribution >= 4 is 17.1 Å². The monoisotopic (exact) mass is 237 g/mol. The van der Waals surface area contributed by atoms with Crippen molar-refractivity contribution in [2.24, 2.45) is 0 Å². The highest BCUT2D eigenvalue weighted by molar-refractivity contribution is 5.66. The second-order valence-corrected chi connectivity index (χ2v) is 4.08. The molecule has 0 bridgehead atoms. The van der Waals surface area contributed by atoms with Crippen LogP contribution in [0.1, 0.15) is 26.7 Å². The molecule has 0 amide bonds. The number of nitrogens with two attached hydrogens (primary N) is 1. The SMILES string of the molecule is CCC(CC)N(C)c1ccc([N+](=O)[O-])c(N)c1. The van der Waals surface area contributed by atoms with Gasteiger partial charge in [-0.05, 0) is 25.0 Å². The fourth-order valence-corrected chi connectivity index (χ4v) is 1.97. The van der Waals surface area contributed by atoms with Crippen molar-refractivity contribution in [2.45, 2.75) is 32.7 Å². The van der Waals surface area contributed by atoms with E-state index in [4.69, 9.17) is 5.73 Å². The fraction of sp³-hybridized carbons (Fsp3) is 0.500. The quantitative estimate of drug-likeness (QED) is 0.485. The van der Waals surface area contributed by atoms with Crippen molar-refractivity contribution in [3.63, 3.8) is 0 Å². The molecule has 0 spiro atoms. The van der Waals surface area contributed by atoms with Crippen LogP contribution in [0.2, 0.25) is 0 Å². The lowest BCUT2D eigenvalue weighted by Gasteiger charge is -2.28. The lowest BCUT2D eigenvalue weighted by Crippen LogP contribution is -2.30. The van der Waals surface area contributed by atoms with Crippen LogP contribution in [0.3, 0.4) is 0 Å². The summed E-state index contributed by atoms with van der Waals surface area (Å²) in [6.45, 7) is 4.25. The van der Waals surface area contributed by atoms with Crippen LogP contribution < -0.4 is 10.6 Å². The first-order valence-electron chi connectivity index (χ1n) is 5.78. The highest BCUT2D eigenvalue weighted by atomic mass is 16.6. The Balaban J connectivity index is 3.00. The molecule has 2 N–H and O–H groups in total. The van der Waals surface area contributed by atoms with Gasteiger partial charge in [-0.3, -0.25) is 10.1 Å². The van der Waals surface area contributed by atoms with Crippen LogP contribution in [0.5, 0.6) is 0 Å². The standard InChI is InChI=1S/C12H19N3O2/c1-4-9(5-2)14(3)10-6-7-12(15(16)17)11(13)8-10/h6-9H,4-5,13H2,1-3H3. The van der Waals surface area contributed by atoms with Gasteiger partial charge in [0.05, 0.1) is 4.92 Å². The summed E-state index contributed by atoms with van der Waals surface area (Å²) < 4.78 is 0. The summed E-state index contributed by atoms with van der Waals surface area (Å²) in [6, 6.07) is 5.29. The van der Waals surface area contributed by atoms with Gasteiger partial charge in [0.15, 0.2) is 0 Å². The van der Waals surface area contributed by atoms with E-state index in [-0.39, 0.29) is 11.4 Å². The number of nitro groups is 1. The molecule has 0 heterocycles. The van der Waals surface area contributed by atoms with Crippen molar-refractivity contribution in [1.82, 2.24) is 0 Å². The van der Waals surface area contributed by atoms with E-state index in [1.807, 2.05) is 7.05 Å². The van der Waals surface area contributed by atoms with E-state index in [2.05, 4.69) is 18.7 Å². The molecule has 1 aromatic rings. The average molecular weight is 237 g/mol. The summed E-state index contributed by atoms with van der Waals surface area (Å²) >= 11 is 0. The first kappa shape index (κ1) is 13.3. The normalized spacial score (nSPS) is 10.6. The van der Waals surface area contributed by atoms with E-state index in [1.165, 1.54) is 6.07 Å². The first-order chi connectivity index (χ1) is 8.01. The zero-order chi connectivity index (χ0) is 13.0. The Kier molecular flexibility index (Phi) is 4.31. The smallest absolute Gasteiger partial charge is 0.292 e. The van der Waals surface area contributed by atoms with Crippen LogP contribution in [-0.4, -0.2) is 18.0 Å². The van der Waals surface area contributed by atoms with Gasteiger partial charge >= 0.3 is 0 Å². The van der Waals surface area contributed by atoms with Crippen molar-refractivity contribution < 1.29 is 4.92 Å². The second-order valence-electron chi connectivity index (χ2n) is 4.08. The molecular formula is C12H19N3O2. The molecular weight excluding hydrogens is 218 g/mol. The zero-order valence-corrected chi connectivity index (χ0v) is 10.5. The highest BCUT2D eigenvalue weighted by Crippen LogP contribution is 2.28. The summed E-state index contributed by atoms with van der Waals surface area (Å²) in [5.74, 6) is 0. The predicted octanol–water partition coefficient (Wildman–Crippen LogP) is 2.80. The number of anilines is 2. The highest BCUT2D eigenvalue weighted by Gasteiger charge is 2.15. The summed E-state index contributed by atoms with van der Waals surface area (Å²) in [6.07, 6.45) is 2.06. The van der Waals surface area contributed by atoms with Gasteiger partial charge in [-0.1, -0.05) is 13.8 Å².